The SMILES string of the molecule is CC(NS(C)(=O)=O)[C@H]1[C@@H](C)N(c2ccnc(-c3cnc4ccc(C(F)(F)F)cn34)n2)CCN1C1CC1. The Bertz CT molecular complexity index is 1370. The number of piperazine rings is 1. The molecule has 0 spiro atoms. The molecule has 13 heteroatoms. The number of rotatable bonds is 6. The molecule has 1 saturated carbocycles. The lowest BCUT2D eigenvalue weighted by molar-refractivity contribution is -0.137. The number of hydrogen-bond acceptors (Lipinski definition) is 7. The molecule has 9 nitrogen and oxygen atoms in total. The topological polar surface area (TPSA) is 95.7 Å². The summed E-state index contributed by atoms with van der Waals surface area (Å²) in [5, 5.41) is 0. The van der Waals surface area contributed by atoms with Crippen LogP contribution in [0.2, 0.25) is 0 Å². The third kappa shape index (κ3) is 4.91. The number of aromatic nitrogens is 4. The summed E-state index contributed by atoms with van der Waals surface area (Å²) in [7, 11) is -3.39. The number of alkyl halides is 3. The number of halogens is 3. The molecular formula is C23H28F3N7O2S. The molecular weight excluding hydrogens is 495 g/mol. The third-order valence-corrected chi connectivity index (χ3v) is 7.69. The van der Waals surface area contributed by atoms with Gasteiger partial charge in [-0.3, -0.25) is 9.30 Å². The van der Waals surface area contributed by atoms with Gasteiger partial charge in [-0.2, -0.15) is 13.2 Å². The standard InChI is InChI=1S/C23H28F3N7O2S/c1-14(30-36(3,34)35)21-15(2)31(10-11-32(21)17-5-6-17)20-8-9-27-22(29-20)18-12-28-19-7-4-16(13-33(18)19)23(24,25)26/h4,7-9,12-15,17,21,30H,5-6,10-11H2,1-3H3/t14?,15-,21+/m1/s1. The monoisotopic (exact) mass is 523 g/mol. The van der Waals surface area contributed by atoms with Crippen molar-refractivity contribution in [3.05, 3.63) is 42.4 Å². The molecule has 194 valence electrons. The largest absolute Gasteiger partial charge is 0.417 e. The van der Waals surface area contributed by atoms with Crippen molar-refractivity contribution in [2.24, 2.45) is 0 Å². The number of nitrogens with zero attached hydrogens (tertiary/aromatic N) is 6. The molecule has 1 saturated heterocycles. The first-order chi connectivity index (χ1) is 16.9. The zero-order valence-electron chi connectivity index (χ0n) is 20.1. The Morgan fingerprint density at radius 1 is 1.14 bits per heavy atom. The first-order valence-electron chi connectivity index (χ1n) is 11.8. The van der Waals surface area contributed by atoms with Crippen molar-refractivity contribution in [3.8, 4) is 11.5 Å². The van der Waals surface area contributed by atoms with Crippen LogP contribution in [-0.4, -0.2) is 76.2 Å². The summed E-state index contributed by atoms with van der Waals surface area (Å²) < 4.78 is 67.9. The number of hydrogen-bond donors (Lipinski definition) is 1. The predicted octanol–water partition coefficient (Wildman–Crippen LogP) is 2.79. The normalized spacial score (nSPS) is 22.8. The maximum atomic E-state index is 13.3. The molecule has 0 bridgehead atoms. The van der Waals surface area contributed by atoms with Gasteiger partial charge in [0.1, 0.15) is 17.2 Å². The van der Waals surface area contributed by atoms with E-state index in [1.165, 1.54) is 16.7 Å². The summed E-state index contributed by atoms with van der Waals surface area (Å²) >= 11 is 0. The van der Waals surface area contributed by atoms with Gasteiger partial charge in [0.2, 0.25) is 10.0 Å². The van der Waals surface area contributed by atoms with Crippen LogP contribution in [0.3, 0.4) is 0 Å². The molecule has 3 atom stereocenters. The van der Waals surface area contributed by atoms with E-state index in [1.807, 2.05) is 13.8 Å². The van der Waals surface area contributed by atoms with Gasteiger partial charge in [0, 0.05) is 49.7 Å². The quantitative estimate of drug-likeness (QED) is 0.531. The van der Waals surface area contributed by atoms with Crippen molar-refractivity contribution >= 4 is 21.5 Å². The number of nitrogens with one attached hydrogen (secondary N) is 1. The van der Waals surface area contributed by atoms with Crippen LogP contribution in [-0.2, 0) is 16.2 Å². The van der Waals surface area contributed by atoms with E-state index >= 15 is 0 Å². The Labute approximate surface area is 207 Å². The average molecular weight is 524 g/mol. The number of imidazole rings is 1. The van der Waals surface area contributed by atoms with Gasteiger partial charge in [0.25, 0.3) is 0 Å². The Morgan fingerprint density at radius 3 is 2.56 bits per heavy atom. The molecule has 5 rings (SSSR count). The van der Waals surface area contributed by atoms with Gasteiger partial charge in [0.15, 0.2) is 5.82 Å². The lowest BCUT2D eigenvalue weighted by Crippen LogP contribution is -2.65. The maximum absolute atomic E-state index is 13.3. The number of sulfonamides is 1. The van der Waals surface area contributed by atoms with Crippen LogP contribution in [0.1, 0.15) is 32.3 Å². The number of anilines is 1. The molecule has 1 N–H and O–H groups in total. The van der Waals surface area contributed by atoms with Gasteiger partial charge in [0.05, 0.1) is 18.0 Å². The van der Waals surface area contributed by atoms with E-state index in [-0.39, 0.29) is 23.9 Å². The molecule has 0 amide bonds. The van der Waals surface area contributed by atoms with Gasteiger partial charge >= 0.3 is 6.18 Å². The summed E-state index contributed by atoms with van der Waals surface area (Å²) in [4.78, 5) is 17.7. The summed E-state index contributed by atoms with van der Waals surface area (Å²) in [6.45, 7) is 5.36. The Morgan fingerprint density at radius 2 is 1.89 bits per heavy atom. The van der Waals surface area contributed by atoms with E-state index < -0.39 is 21.8 Å². The van der Waals surface area contributed by atoms with Crippen LogP contribution in [0.4, 0.5) is 19.0 Å². The van der Waals surface area contributed by atoms with E-state index in [0.29, 0.717) is 29.7 Å². The molecule has 0 aromatic carbocycles. The van der Waals surface area contributed by atoms with E-state index in [2.05, 4.69) is 24.5 Å². The van der Waals surface area contributed by atoms with Crippen molar-refractivity contribution in [1.29, 1.82) is 0 Å². The highest BCUT2D eigenvalue weighted by Gasteiger charge is 2.44. The molecule has 36 heavy (non-hydrogen) atoms. The Balaban J connectivity index is 1.48. The second-order valence-corrected chi connectivity index (χ2v) is 11.4. The van der Waals surface area contributed by atoms with Gasteiger partial charge in [-0.1, -0.05) is 0 Å². The van der Waals surface area contributed by atoms with Gasteiger partial charge in [-0.25, -0.2) is 28.1 Å². The predicted molar refractivity (Wildman–Crippen MR) is 129 cm³/mol. The first kappa shape index (κ1) is 24.9. The molecule has 1 unspecified atom stereocenters. The van der Waals surface area contributed by atoms with Crippen molar-refractivity contribution < 1.29 is 21.6 Å². The van der Waals surface area contributed by atoms with Crippen LogP contribution in [0, 0.1) is 0 Å². The smallest absolute Gasteiger partial charge is 0.351 e. The lowest BCUT2D eigenvalue weighted by Gasteiger charge is -2.49. The molecule has 2 fully saturated rings. The molecule has 1 aliphatic carbocycles. The minimum Gasteiger partial charge on any atom is -0.351 e. The van der Waals surface area contributed by atoms with Crippen molar-refractivity contribution in [3.63, 3.8) is 0 Å². The van der Waals surface area contributed by atoms with Crippen molar-refractivity contribution in [2.75, 3.05) is 24.2 Å². The van der Waals surface area contributed by atoms with Gasteiger partial charge < -0.3 is 4.90 Å². The van der Waals surface area contributed by atoms with Crippen LogP contribution in [0.25, 0.3) is 17.2 Å². The summed E-state index contributed by atoms with van der Waals surface area (Å²) in [6.07, 6.45) is 2.91. The summed E-state index contributed by atoms with van der Waals surface area (Å²) in [5.74, 6) is 0.886. The second-order valence-electron chi connectivity index (χ2n) is 9.60. The molecule has 1 aliphatic heterocycles. The van der Waals surface area contributed by atoms with E-state index in [9.17, 15) is 21.6 Å². The van der Waals surface area contributed by atoms with Crippen LogP contribution < -0.4 is 9.62 Å². The summed E-state index contributed by atoms with van der Waals surface area (Å²) in [5.41, 5.74) is -0.0736. The van der Waals surface area contributed by atoms with Gasteiger partial charge in [-0.15, -0.1) is 0 Å². The zero-order chi connectivity index (χ0) is 25.8. The van der Waals surface area contributed by atoms with Crippen LogP contribution in [0.5, 0.6) is 0 Å². The third-order valence-electron chi connectivity index (χ3n) is 6.89. The van der Waals surface area contributed by atoms with E-state index in [4.69, 9.17) is 4.98 Å². The van der Waals surface area contributed by atoms with Crippen LogP contribution in [0.15, 0.2) is 36.8 Å². The minimum atomic E-state index is -4.49. The fourth-order valence-corrected chi connectivity index (χ4v) is 6.07. The highest BCUT2D eigenvalue weighted by Crippen LogP contribution is 2.35. The fourth-order valence-electron chi connectivity index (χ4n) is 5.25. The maximum Gasteiger partial charge on any atom is 0.417 e. The molecule has 3 aromatic rings. The highest BCUT2D eigenvalue weighted by atomic mass is 32.2. The second kappa shape index (κ2) is 8.96. The zero-order valence-corrected chi connectivity index (χ0v) is 21.0. The molecule has 0 radical (unpaired) electrons. The van der Waals surface area contributed by atoms with E-state index in [1.54, 1.807) is 12.3 Å². The number of pyridine rings is 1. The van der Waals surface area contributed by atoms with Crippen LogP contribution >= 0.6 is 0 Å². The molecule has 3 aromatic heterocycles. The Kier molecular flexibility index (Phi) is 6.20. The molecule has 2 aliphatic rings. The average Bonchev–Trinajstić information content (AvgIpc) is 3.55. The minimum absolute atomic E-state index is 0.0784. The molecule has 4 heterocycles. The highest BCUT2D eigenvalue weighted by molar-refractivity contribution is 7.88. The first-order valence-corrected chi connectivity index (χ1v) is 13.7. The fraction of sp³-hybridized carbons (Fsp3) is 0.522. The van der Waals surface area contributed by atoms with E-state index in [0.717, 1.165) is 37.9 Å². The summed E-state index contributed by atoms with van der Waals surface area (Å²) in [6, 6.07) is 4.05. The lowest BCUT2D eigenvalue weighted by atomic mass is 9.96. The van der Waals surface area contributed by atoms with Gasteiger partial charge in [-0.05, 0) is 44.9 Å². The van der Waals surface area contributed by atoms with Crippen molar-refractivity contribution in [1.82, 2.24) is 29.0 Å². The Hall–Kier alpha value is -2.77. The number of fused-ring (bicyclic) bond motifs is 1. The van der Waals surface area contributed by atoms with Crippen molar-refractivity contribution in [2.45, 2.75) is 57.0 Å².